The molecule has 3 rings (SSSR count). The molecule has 1 fully saturated rings. The topological polar surface area (TPSA) is 71.9 Å². The van der Waals surface area contributed by atoms with Crippen LogP contribution in [0.4, 0.5) is 4.79 Å². The number of aliphatic hydroxyl groups excluding tert-OH is 1. The van der Waals surface area contributed by atoms with Gasteiger partial charge in [-0.15, -0.1) is 0 Å². The molecule has 1 N–H and O–H groups in total. The Hall–Kier alpha value is -1.37. The summed E-state index contributed by atoms with van der Waals surface area (Å²) in [6, 6.07) is 1.72. The Morgan fingerprint density at radius 3 is 2.32 bits per heavy atom. The number of likely N-dealkylation sites (tertiary alicyclic amines) is 1. The van der Waals surface area contributed by atoms with E-state index in [1.165, 1.54) is 0 Å². The van der Waals surface area contributed by atoms with Gasteiger partial charge in [0.05, 0.1) is 16.4 Å². The van der Waals surface area contributed by atoms with Gasteiger partial charge in [0.25, 0.3) is 0 Å². The monoisotopic (exact) mass is 414 g/mol. The zero-order valence-corrected chi connectivity index (χ0v) is 19.2. The predicted octanol–water partition coefficient (Wildman–Crippen LogP) is 5.34. The van der Waals surface area contributed by atoms with Gasteiger partial charge >= 0.3 is 6.09 Å². The molecule has 1 aromatic heterocycles. The largest absolute Gasteiger partial charge is 0.444 e. The van der Waals surface area contributed by atoms with Crippen LogP contribution in [0.25, 0.3) is 0 Å². The SMILES string of the molecule is CC.CC.Cc1nc2c(cc1Cl)C(O)OC21CCN(C(=O)OC(C)(C)C)CC1. The van der Waals surface area contributed by atoms with Crippen molar-refractivity contribution in [2.24, 2.45) is 0 Å². The Morgan fingerprint density at radius 1 is 1.29 bits per heavy atom. The van der Waals surface area contributed by atoms with Crippen LogP contribution in [0.3, 0.4) is 0 Å². The van der Waals surface area contributed by atoms with Crippen molar-refractivity contribution in [2.75, 3.05) is 13.1 Å². The van der Waals surface area contributed by atoms with E-state index in [2.05, 4.69) is 4.98 Å². The quantitative estimate of drug-likeness (QED) is 0.620. The van der Waals surface area contributed by atoms with E-state index in [4.69, 9.17) is 21.1 Å². The molecule has 0 saturated carbocycles. The molecule has 160 valence electrons. The molecule has 0 aliphatic carbocycles. The molecule has 28 heavy (non-hydrogen) atoms. The predicted molar refractivity (Wildman–Crippen MR) is 111 cm³/mol. The lowest BCUT2D eigenvalue weighted by atomic mass is 9.87. The second-order valence-corrected chi connectivity index (χ2v) is 7.83. The van der Waals surface area contributed by atoms with Crippen LogP contribution in [-0.2, 0) is 15.1 Å². The number of aryl methyl sites for hydroxylation is 1. The van der Waals surface area contributed by atoms with Crippen molar-refractivity contribution in [2.45, 2.75) is 85.7 Å². The molecule has 0 bridgehead atoms. The fraction of sp³-hybridized carbons (Fsp3) is 0.714. The van der Waals surface area contributed by atoms with Gasteiger partial charge in [0.15, 0.2) is 6.29 Å². The molecule has 2 aliphatic heterocycles. The molecule has 6 nitrogen and oxygen atoms in total. The van der Waals surface area contributed by atoms with E-state index in [1.54, 1.807) is 11.0 Å². The van der Waals surface area contributed by atoms with Crippen LogP contribution in [-0.4, -0.2) is 39.8 Å². The van der Waals surface area contributed by atoms with E-state index in [9.17, 15) is 9.90 Å². The van der Waals surface area contributed by atoms with Crippen LogP contribution >= 0.6 is 11.6 Å². The number of amides is 1. The first-order valence-corrected chi connectivity index (χ1v) is 10.5. The molecule has 1 amide bonds. The van der Waals surface area contributed by atoms with E-state index in [0.717, 1.165) is 5.69 Å². The zero-order chi connectivity index (χ0) is 21.7. The first kappa shape index (κ1) is 24.7. The fourth-order valence-electron chi connectivity index (χ4n) is 3.21. The summed E-state index contributed by atoms with van der Waals surface area (Å²) in [5.41, 5.74) is 0.885. The van der Waals surface area contributed by atoms with Crippen LogP contribution in [0.2, 0.25) is 5.02 Å². The number of carbonyl (C=O) groups excluding carboxylic acids is 1. The summed E-state index contributed by atoms with van der Waals surface area (Å²) in [6.07, 6.45) is -0.232. The highest BCUT2D eigenvalue weighted by atomic mass is 35.5. The number of carbonyl (C=O) groups is 1. The number of hydrogen-bond donors (Lipinski definition) is 1. The number of ether oxygens (including phenoxy) is 2. The van der Waals surface area contributed by atoms with Crippen molar-refractivity contribution in [3.63, 3.8) is 0 Å². The number of aromatic nitrogens is 1. The van der Waals surface area contributed by atoms with Crippen molar-refractivity contribution in [3.05, 3.63) is 28.0 Å². The number of aliphatic hydroxyl groups is 1. The molecule has 0 radical (unpaired) electrons. The van der Waals surface area contributed by atoms with Gasteiger partial charge in [-0.1, -0.05) is 39.3 Å². The molecular weight excluding hydrogens is 380 g/mol. The maximum absolute atomic E-state index is 12.2. The summed E-state index contributed by atoms with van der Waals surface area (Å²) in [6.45, 7) is 16.4. The highest BCUT2D eigenvalue weighted by molar-refractivity contribution is 6.31. The maximum Gasteiger partial charge on any atom is 0.410 e. The van der Waals surface area contributed by atoms with Crippen molar-refractivity contribution >= 4 is 17.7 Å². The summed E-state index contributed by atoms with van der Waals surface area (Å²) >= 11 is 6.11. The molecule has 1 atom stereocenters. The zero-order valence-electron chi connectivity index (χ0n) is 18.4. The molecular formula is C21H35ClN2O4. The molecule has 1 aromatic rings. The maximum atomic E-state index is 12.2. The summed E-state index contributed by atoms with van der Waals surface area (Å²) < 4.78 is 11.3. The van der Waals surface area contributed by atoms with Crippen molar-refractivity contribution in [1.29, 1.82) is 0 Å². The minimum atomic E-state index is -1.03. The van der Waals surface area contributed by atoms with Crippen molar-refractivity contribution < 1.29 is 19.4 Å². The molecule has 1 spiro atoms. The van der Waals surface area contributed by atoms with Gasteiger partial charge < -0.3 is 19.5 Å². The number of hydrogen-bond acceptors (Lipinski definition) is 5. The fourth-order valence-corrected chi connectivity index (χ4v) is 3.37. The number of piperidine rings is 1. The van der Waals surface area contributed by atoms with E-state index in [1.807, 2.05) is 55.4 Å². The molecule has 2 aliphatic rings. The van der Waals surface area contributed by atoms with Gasteiger partial charge in [-0.3, -0.25) is 4.98 Å². The van der Waals surface area contributed by atoms with Crippen LogP contribution < -0.4 is 0 Å². The first-order valence-electron chi connectivity index (χ1n) is 10.1. The van der Waals surface area contributed by atoms with Gasteiger partial charge in [-0.25, -0.2) is 4.79 Å². The van der Waals surface area contributed by atoms with E-state index in [0.29, 0.717) is 42.2 Å². The third-order valence-electron chi connectivity index (χ3n) is 4.44. The lowest BCUT2D eigenvalue weighted by Gasteiger charge is -2.39. The number of pyridine rings is 1. The minimum absolute atomic E-state index is 0.323. The molecule has 3 heterocycles. The Bertz CT molecular complexity index is 665. The molecule has 1 unspecified atom stereocenters. The highest BCUT2D eigenvalue weighted by Gasteiger charge is 2.49. The average Bonchev–Trinajstić information content (AvgIpc) is 2.89. The first-order chi connectivity index (χ1) is 13.1. The smallest absolute Gasteiger partial charge is 0.410 e. The van der Waals surface area contributed by atoms with Gasteiger partial charge in [0, 0.05) is 31.5 Å². The van der Waals surface area contributed by atoms with E-state index in [-0.39, 0.29) is 6.09 Å². The normalized spacial score (nSPS) is 19.8. The van der Waals surface area contributed by atoms with Crippen LogP contribution in [0.1, 0.15) is 84.5 Å². The van der Waals surface area contributed by atoms with Gasteiger partial charge in [-0.05, 0) is 33.8 Å². The lowest BCUT2D eigenvalue weighted by molar-refractivity contribution is -0.188. The lowest BCUT2D eigenvalue weighted by Crippen LogP contribution is -2.47. The summed E-state index contributed by atoms with van der Waals surface area (Å²) in [5.74, 6) is 0. The number of halogens is 1. The van der Waals surface area contributed by atoms with Crippen molar-refractivity contribution in [3.8, 4) is 0 Å². The van der Waals surface area contributed by atoms with Gasteiger partial charge in [0.2, 0.25) is 0 Å². The number of nitrogens with zero attached hydrogens (tertiary/aromatic N) is 2. The second kappa shape index (κ2) is 9.90. The standard InChI is InChI=1S/C17H23ClN2O4.2C2H6/c1-10-12(18)9-11-13(19-10)17(23-14(11)21)5-7-20(8-6-17)15(22)24-16(2,3)4;2*1-2/h9,14,21H,5-8H2,1-4H3;2*1-2H3. The second-order valence-electron chi connectivity index (χ2n) is 7.43. The third kappa shape index (κ3) is 5.37. The Labute approximate surface area is 174 Å². The van der Waals surface area contributed by atoms with Gasteiger partial charge in [-0.2, -0.15) is 0 Å². The molecule has 0 aromatic carbocycles. The summed E-state index contributed by atoms with van der Waals surface area (Å²) in [7, 11) is 0. The van der Waals surface area contributed by atoms with Crippen molar-refractivity contribution in [1.82, 2.24) is 9.88 Å². The summed E-state index contributed by atoms with van der Waals surface area (Å²) in [5, 5.41) is 10.7. The average molecular weight is 415 g/mol. The number of rotatable bonds is 0. The highest BCUT2D eigenvalue weighted by Crippen LogP contribution is 2.48. The van der Waals surface area contributed by atoms with E-state index >= 15 is 0 Å². The van der Waals surface area contributed by atoms with E-state index < -0.39 is 17.5 Å². The number of fused-ring (bicyclic) bond motifs is 2. The molecule has 1 saturated heterocycles. The van der Waals surface area contributed by atoms with Gasteiger partial charge in [0.1, 0.15) is 11.2 Å². The molecule has 7 heteroatoms. The van der Waals surface area contributed by atoms with Crippen LogP contribution in [0.15, 0.2) is 6.07 Å². The van der Waals surface area contributed by atoms with Crippen LogP contribution in [0.5, 0.6) is 0 Å². The Kier molecular flexibility index (Phi) is 8.72. The summed E-state index contributed by atoms with van der Waals surface area (Å²) in [4.78, 5) is 18.4. The minimum Gasteiger partial charge on any atom is -0.444 e. The Balaban J connectivity index is 0.000000921. The van der Waals surface area contributed by atoms with Crippen LogP contribution in [0, 0.1) is 6.92 Å². The third-order valence-corrected chi connectivity index (χ3v) is 4.82. The Morgan fingerprint density at radius 2 is 1.82 bits per heavy atom.